The molecule has 1 atom stereocenters. The van der Waals surface area contributed by atoms with Crippen LogP contribution in [0.1, 0.15) is 18.7 Å². The van der Waals surface area contributed by atoms with Crippen LogP contribution in [0.25, 0.3) is 0 Å². The summed E-state index contributed by atoms with van der Waals surface area (Å²) >= 11 is 0. The molecule has 1 aromatic heterocycles. The molecule has 1 rings (SSSR count). The SMILES string of the molecule is CC(NC(=O)NOCC(=O)O)c1ccco1. The van der Waals surface area contributed by atoms with E-state index in [1.165, 1.54) is 6.26 Å². The molecule has 3 N–H and O–H groups in total. The van der Waals surface area contributed by atoms with Crippen molar-refractivity contribution in [3.8, 4) is 0 Å². The molecule has 0 saturated heterocycles. The Morgan fingerprint density at radius 3 is 2.94 bits per heavy atom. The van der Waals surface area contributed by atoms with Gasteiger partial charge in [0.1, 0.15) is 5.76 Å². The minimum atomic E-state index is -1.17. The number of hydrogen-bond acceptors (Lipinski definition) is 4. The zero-order valence-electron chi connectivity index (χ0n) is 8.60. The van der Waals surface area contributed by atoms with Crippen LogP contribution in [-0.4, -0.2) is 23.7 Å². The van der Waals surface area contributed by atoms with Crippen molar-refractivity contribution < 1.29 is 24.0 Å². The third kappa shape index (κ3) is 4.01. The molecule has 16 heavy (non-hydrogen) atoms. The van der Waals surface area contributed by atoms with E-state index in [9.17, 15) is 9.59 Å². The lowest BCUT2D eigenvalue weighted by Crippen LogP contribution is -2.37. The predicted molar refractivity (Wildman–Crippen MR) is 52.4 cm³/mol. The summed E-state index contributed by atoms with van der Waals surface area (Å²) in [5, 5.41) is 10.7. The van der Waals surface area contributed by atoms with Crippen molar-refractivity contribution >= 4 is 12.0 Å². The lowest BCUT2D eigenvalue weighted by molar-refractivity contribution is -0.144. The average molecular weight is 228 g/mol. The Hall–Kier alpha value is -2.02. The predicted octanol–water partition coefficient (Wildman–Crippen LogP) is 0.656. The molecule has 0 radical (unpaired) electrons. The first-order chi connectivity index (χ1) is 7.59. The summed E-state index contributed by atoms with van der Waals surface area (Å²) in [6.07, 6.45) is 1.49. The number of urea groups is 1. The van der Waals surface area contributed by atoms with Gasteiger partial charge in [0.15, 0.2) is 6.61 Å². The largest absolute Gasteiger partial charge is 0.479 e. The number of amides is 2. The van der Waals surface area contributed by atoms with Crippen molar-refractivity contribution in [2.45, 2.75) is 13.0 Å². The van der Waals surface area contributed by atoms with E-state index in [0.717, 1.165) is 0 Å². The summed E-state index contributed by atoms with van der Waals surface area (Å²) in [6, 6.07) is 2.45. The highest BCUT2D eigenvalue weighted by atomic mass is 16.7. The second-order valence-electron chi connectivity index (χ2n) is 3.00. The second-order valence-corrected chi connectivity index (χ2v) is 3.00. The van der Waals surface area contributed by atoms with Crippen molar-refractivity contribution in [2.24, 2.45) is 0 Å². The Labute approximate surface area is 91.3 Å². The number of nitrogens with one attached hydrogen (secondary N) is 2. The Balaban J connectivity index is 2.26. The highest BCUT2D eigenvalue weighted by molar-refractivity contribution is 5.73. The summed E-state index contributed by atoms with van der Waals surface area (Å²) in [4.78, 5) is 25.6. The fourth-order valence-corrected chi connectivity index (χ4v) is 0.998. The van der Waals surface area contributed by atoms with E-state index < -0.39 is 18.6 Å². The third-order valence-electron chi connectivity index (χ3n) is 1.68. The van der Waals surface area contributed by atoms with Crippen molar-refractivity contribution in [3.63, 3.8) is 0 Å². The fraction of sp³-hybridized carbons (Fsp3) is 0.333. The highest BCUT2D eigenvalue weighted by Crippen LogP contribution is 2.11. The van der Waals surface area contributed by atoms with Gasteiger partial charge in [-0.3, -0.25) is 4.84 Å². The molecule has 7 heteroatoms. The molecule has 88 valence electrons. The zero-order valence-corrected chi connectivity index (χ0v) is 8.60. The second kappa shape index (κ2) is 5.76. The van der Waals surface area contributed by atoms with Crippen LogP contribution >= 0.6 is 0 Å². The smallest absolute Gasteiger partial charge is 0.339 e. The fourth-order valence-electron chi connectivity index (χ4n) is 0.998. The number of carbonyl (C=O) groups excluding carboxylic acids is 1. The van der Waals surface area contributed by atoms with Crippen LogP contribution in [0, 0.1) is 0 Å². The molecular weight excluding hydrogens is 216 g/mol. The van der Waals surface area contributed by atoms with Gasteiger partial charge >= 0.3 is 12.0 Å². The van der Waals surface area contributed by atoms with Crippen molar-refractivity contribution in [1.29, 1.82) is 0 Å². The molecule has 0 spiro atoms. The van der Waals surface area contributed by atoms with Gasteiger partial charge in [-0.05, 0) is 19.1 Å². The van der Waals surface area contributed by atoms with Gasteiger partial charge in [-0.1, -0.05) is 0 Å². The number of hydroxylamine groups is 1. The summed E-state index contributed by atoms with van der Waals surface area (Å²) < 4.78 is 5.06. The molecule has 0 fully saturated rings. The molecular formula is C9H12N2O5. The van der Waals surface area contributed by atoms with Crippen LogP contribution in [0.15, 0.2) is 22.8 Å². The summed E-state index contributed by atoms with van der Waals surface area (Å²) in [5.41, 5.74) is 1.93. The highest BCUT2D eigenvalue weighted by Gasteiger charge is 2.11. The number of furan rings is 1. The molecule has 7 nitrogen and oxygen atoms in total. The Kier molecular flexibility index (Phi) is 4.34. The normalized spacial score (nSPS) is 11.8. The van der Waals surface area contributed by atoms with E-state index in [0.29, 0.717) is 5.76 Å². The van der Waals surface area contributed by atoms with E-state index in [1.54, 1.807) is 19.1 Å². The number of carboxylic acid groups (broad SMARTS) is 1. The topological polar surface area (TPSA) is 101 Å². The van der Waals surface area contributed by atoms with Gasteiger partial charge in [0.05, 0.1) is 12.3 Å². The third-order valence-corrected chi connectivity index (χ3v) is 1.68. The van der Waals surface area contributed by atoms with Gasteiger partial charge < -0.3 is 14.8 Å². The molecule has 1 aromatic rings. The quantitative estimate of drug-likeness (QED) is 0.642. The molecule has 1 heterocycles. The van der Waals surface area contributed by atoms with Gasteiger partial charge in [-0.15, -0.1) is 0 Å². The number of carboxylic acids is 1. The standard InChI is InChI=1S/C9H12N2O5/c1-6(7-3-2-4-15-7)10-9(14)11-16-5-8(12)13/h2-4,6H,5H2,1H3,(H,12,13)(H2,10,11,14). The molecule has 0 aliphatic rings. The van der Waals surface area contributed by atoms with Crippen LogP contribution in [0.5, 0.6) is 0 Å². The van der Waals surface area contributed by atoms with Crippen LogP contribution in [-0.2, 0) is 9.63 Å². The van der Waals surface area contributed by atoms with Crippen LogP contribution in [0.4, 0.5) is 4.79 Å². The Morgan fingerprint density at radius 1 is 1.62 bits per heavy atom. The molecule has 0 aromatic carbocycles. The first-order valence-electron chi connectivity index (χ1n) is 4.53. The number of carbonyl (C=O) groups is 2. The molecule has 0 saturated carbocycles. The number of hydrogen-bond donors (Lipinski definition) is 3. The zero-order chi connectivity index (χ0) is 12.0. The van der Waals surface area contributed by atoms with Gasteiger partial charge in [0, 0.05) is 0 Å². The van der Waals surface area contributed by atoms with Crippen molar-refractivity contribution in [2.75, 3.05) is 6.61 Å². The number of aliphatic carboxylic acids is 1. The van der Waals surface area contributed by atoms with Gasteiger partial charge in [0.2, 0.25) is 0 Å². The average Bonchev–Trinajstić information content (AvgIpc) is 2.69. The lowest BCUT2D eigenvalue weighted by atomic mass is 10.2. The molecule has 2 amide bonds. The van der Waals surface area contributed by atoms with Crippen LogP contribution < -0.4 is 10.8 Å². The van der Waals surface area contributed by atoms with Crippen LogP contribution in [0.2, 0.25) is 0 Å². The summed E-state index contributed by atoms with van der Waals surface area (Å²) in [6.45, 7) is 1.12. The van der Waals surface area contributed by atoms with Gasteiger partial charge in [-0.2, -0.15) is 0 Å². The van der Waals surface area contributed by atoms with E-state index in [4.69, 9.17) is 9.52 Å². The minimum Gasteiger partial charge on any atom is -0.479 e. The molecule has 0 aliphatic carbocycles. The first-order valence-corrected chi connectivity index (χ1v) is 4.53. The molecule has 0 bridgehead atoms. The molecule has 0 aliphatic heterocycles. The van der Waals surface area contributed by atoms with Crippen molar-refractivity contribution in [1.82, 2.24) is 10.8 Å². The summed E-state index contributed by atoms with van der Waals surface area (Å²) in [5.74, 6) is -0.576. The van der Waals surface area contributed by atoms with Gasteiger partial charge in [-0.25, -0.2) is 15.1 Å². The van der Waals surface area contributed by atoms with E-state index in [1.807, 2.05) is 5.48 Å². The maximum absolute atomic E-state index is 11.1. The van der Waals surface area contributed by atoms with Crippen LogP contribution in [0.3, 0.4) is 0 Å². The maximum atomic E-state index is 11.1. The monoisotopic (exact) mass is 228 g/mol. The van der Waals surface area contributed by atoms with Gasteiger partial charge in [0.25, 0.3) is 0 Å². The maximum Gasteiger partial charge on any atom is 0.339 e. The van der Waals surface area contributed by atoms with Crippen molar-refractivity contribution in [3.05, 3.63) is 24.2 Å². The molecule has 1 unspecified atom stereocenters. The first kappa shape index (κ1) is 12.1. The van der Waals surface area contributed by atoms with E-state index in [2.05, 4.69) is 10.2 Å². The van der Waals surface area contributed by atoms with E-state index >= 15 is 0 Å². The lowest BCUT2D eigenvalue weighted by Gasteiger charge is -2.11. The number of rotatable bonds is 5. The van der Waals surface area contributed by atoms with E-state index in [-0.39, 0.29) is 6.04 Å². The Bertz CT molecular complexity index is 349. The Morgan fingerprint density at radius 2 is 2.38 bits per heavy atom. The summed E-state index contributed by atoms with van der Waals surface area (Å²) in [7, 11) is 0. The minimum absolute atomic E-state index is 0.330.